The van der Waals surface area contributed by atoms with E-state index in [9.17, 15) is 27.6 Å². The molecule has 0 saturated heterocycles. The molecule has 0 bridgehead atoms. The van der Waals surface area contributed by atoms with Gasteiger partial charge in [0.2, 0.25) is 0 Å². The van der Waals surface area contributed by atoms with E-state index in [1.165, 1.54) is 25.3 Å². The van der Waals surface area contributed by atoms with Crippen molar-refractivity contribution in [2.75, 3.05) is 26.8 Å². The average molecular weight is 663 g/mol. The standard InChI is InChI=1S/C29H31ClN4O10S/c1-17(2)16-43-24-12-19(14-32-28(24)44-29(39)33-15-25(35)36)26(37)34-45(40,41)21-7-4-18(5-8-21)10-11-31-27(38)22-13-20(42-3)6-9-23(22)30/h4-9,12-14,17H,10-11,15-16H2,1-3H3,(H,31,38)(H,33,39)(H,34,37)(H,35,36). The molecule has 0 spiro atoms. The van der Waals surface area contributed by atoms with Gasteiger partial charge in [-0.15, -0.1) is 0 Å². The van der Waals surface area contributed by atoms with Gasteiger partial charge in [-0.05, 0) is 48.2 Å². The van der Waals surface area contributed by atoms with Crippen molar-refractivity contribution in [1.82, 2.24) is 20.3 Å². The number of aromatic nitrogens is 1. The summed E-state index contributed by atoms with van der Waals surface area (Å²) in [4.78, 5) is 51.6. The number of carbonyl (C=O) groups is 4. The van der Waals surface area contributed by atoms with E-state index in [2.05, 4.69) is 10.3 Å². The van der Waals surface area contributed by atoms with Crippen LogP contribution in [-0.2, 0) is 21.2 Å². The number of methoxy groups -OCH3 is 1. The predicted molar refractivity (Wildman–Crippen MR) is 161 cm³/mol. The number of carboxylic acid groups (broad SMARTS) is 1. The molecule has 0 atom stereocenters. The molecule has 45 heavy (non-hydrogen) atoms. The lowest BCUT2D eigenvalue weighted by Gasteiger charge is -2.14. The van der Waals surface area contributed by atoms with Gasteiger partial charge in [0.15, 0.2) is 5.75 Å². The van der Waals surface area contributed by atoms with Crippen LogP contribution in [0.25, 0.3) is 0 Å². The first-order valence-corrected chi connectivity index (χ1v) is 15.2. The number of rotatable bonds is 14. The van der Waals surface area contributed by atoms with Crippen LogP contribution in [0.4, 0.5) is 4.79 Å². The molecule has 3 aromatic rings. The summed E-state index contributed by atoms with van der Waals surface area (Å²) in [5, 5.41) is 13.7. The third kappa shape index (κ3) is 10.4. The Morgan fingerprint density at radius 2 is 1.71 bits per heavy atom. The van der Waals surface area contributed by atoms with Crippen molar-refractivity contribution in [1.29, 1.82) is 0 Å². The molecule has 14 nitrogen and oxygen atoms in total. The number of nitrogens with zero attached hydrogens (tertiary/aromatic N) is 1. The van der Waals surface area contributed by atoms with Crippen LogP contribution in [0.2, 0.25) is 5.02 Å². The Morgan fingerprint density at radius 1 is 1.00 bits per heavy atom. The van der Waals surface area contributed by atoms with E-state index in [0.717, 1.165) is 17.8 Å². The van der Waals surface area contributed by atoms with Crippen molar-refractivity contribution in [2.45, 2.75) is 25.2 Å². The molecular weight excluding hydrogens is 632 g/mol. The lowest BCUT2D eigenvalue weighted by atomic mass is 10.1. The molecule has 3 amide bonds. The number of amides is 3. The summed E-state index contributed by atoms with van der Waals surface area (Å²) in [5.74, 6) is -2.69. The number of benzene rings is 2. The van der Waals surface area contributed by atoms with Gasteiger partial charge in [0, 0.05) is 18.8 Å². The molecule has 0 radical (unpaired) electrons. The van der Waals surface area contributed by atoms with E-state index in [4.69, 9.17) is 30.9 Å². The fourth-order valence-corrected chi connectivity index (χ4v) is 4.74. The monoisotopic (exact) mass is 662 g/mol. The highest BCUT2D eigenvalue weighted by molar-refractivity contribution is 7.90. The summed E-state index contributed by atoms with van der Waals surface area (Å²) in [5.41, 5.74) is 0.765. The molecule has 4 N–H and O–H groups in total. The van der Waals surface area contributed by atoms with Crippen molar-refractivity contribution in [2.24, 2.45) is 5.92 Å². The van der Waals surface area contributed by atoms with Crippen molar-refractivity contribution in [3.63, 3.8) is 0 Å². The minimum absolute atomic E-state index is 0.0299. The van der Waals surface area contributed by atoms with E-state index in [1.807, 2.05) is 23.9 Å². The maximum atomic E-state index is 12.9. The zero-order valence-electron chi connectivity index (χ0n) is 24.5. The highest BCUT2D eigenvalue weighted by Crippen LogP contribution is 2.27. The Balaban J connectivity index is 1.64. The topological polar surface area (TPSA) is 199 Å². The molecule has 0 saturated carbocycles. The minimum Gasteiger partial charge on any atom is -0.497 e. The Labute approximate surface area is 264 Å². The van der Waals surface area contributed by atoms with Crippen LogP contribution >= 0.6 is 11.6 Å². The molecule has 1 heterocycles. The lowest BCUT2D eigenvalue weighted by Crippen LogP contribution is -2.32. The number of hydrogen-bond donors (Lipinski definition) is 4. The van der Waals surface area contributed by atoms with Gasteiger partial charge in [-0.2, -0.15) is 0 Å². The maximum Gasteiger partial charge on any atom is 0.414 e. The average Bonchev–Trinajstić information content (AvgIpc) is 2.99. The molecule has 240 valence electrons. The van der Waals surface area contributed by atoms with E-state index < -0.39 is 40.4 Å². The van der Waals surface area contributed by atoms with Crippen LogP contribution in [0.1, 0.15) is 40.1 Å². The number of aliphatic carboxylic acids is 1. The van der Waals surface area contributed by atoms with Gasteiger partial charge in [-0.3, -0.25) is 14.4 Å². The number of hydrogen-bond acceptors (Lipinski definition) is 10. The second-order valence-electron chi connectivity index (χ2n) is 9.80. The van der Waals surface area contributed by atoms with Crippen LogP contribution in [0.3, 0.4) is 0 Å². The first kappa shape index (κ1) is 34.6. The zero-order valence-corrected chi connectivity index (χ0v) is 26.0. The van der Waals surface area contributed by atoms with Crippen LogP contribution in [0.15, 0.2) is 59.6 Å². The van der Waals surface area contributed by atoms with Crippen LogP contribution in [0, 0.1) is 5.92 Å². The fourth-order valence-electron chi connectivity index (χ4n) is 3.56. The van der Waals surface area contributed by atoms with E-state index >= 15 is 0 Å². The lowest BCUT2D eigenvalue weighted by molar-refractivity contribution is -0.135. The summed E-state index contributed by atoms with van der Waals surface area (Å²) in [6.45, 7) is 3.37. The Bertz CT molecular complexity index is 1660. The SMILES string of the molecule is COc1ccc(Cl)c(C(=O)NCCc2ccc(S(=O)(=O)NC(=O)c3cnc(OC(=O)NCC(=O)O)c(OCC(C)C)c3)cc2)c1. The number of pyridine rings is 1. The summed E-state index contributed by atoms with van der Waals surface area (Å²) in [6, 6.07) is 11.6. The quantitative estimate of drug-likeness (QED) is 0.198. The van der Waals surface area contributed by atoms with Gasteiger partial charge >= 0.3 is 12.1 Å². The molecule has 0 fully saturated rings. The Hall–Kier alpha value is -4.89. The van der Waals surface area contributed by atoms with Gasteiger partial charge in [-0.1, -0.05) is 37.6 Å². The molecule has 0 unspecified atom stereocenters. The predicted octanol–water partition coefficient (Wildman–Crippen LogP) is 3.04. The molecule has 1 aromatic heterocycles. The van der Waals surface area contributed by atoms with E-state index in [0.29, 0.717) is 12.2 Å². The molecule has 2 aromatic carbocycles. The summed E-state index contributed by atoms with van der Waals surface area (Å²) in [7, 11) is -2.83. The Morgan fingerprint density at radius 3 is 2.36 bits per heavy atom. The van der Waals surface area contributed by atoms with Gasteiger partial charge in [-0.25, -0.2) is 22.9 Å². The van der Waals surface area contributed by atoms with E-state index in [-0.39, 0.29) is 51.7 Å². The Kier molecular flexibility index (Phi) is 12.1. The summed E-state index contributed by atoms with van der Waals surface area (Å²) >= 11 is 6.11. The molecule has 0 aliphatic heterocycles. The van der Waals surface area contributed by atoms with Crippen molar-refractivity contribution >= 4 is 45.5 Å². The number of nitrogens with one attached hydrogen (secondary N) is 3. The molecule has 16 heteroatoms. The van der Waals surface area contributed by atoms with Crippen molar-refractivity contribution < 1.29 is 46.9 Å². The number of carboxylic acids is 1. The van der Waals surface area contributed by atoms with Crippen LogP contribution in [0.5, 0.6) is 17.4 Å². The molecule has 0 aliphatic rings. The third-order valence-electron chi connectivity index (χ3n) is 5.80. The van der Waals surface area contributed by atoms with Gasteiger partial charge in [0.1, 0.15) is 12.3 Å². The molecule has 0 aliphatic carbocycles. The number of sulfonamides is 1. The second-order valence-corrected chi connectivity index (χ2v) is 11.9. The van der Waals surface area contributed by atoms with Gasteiger partial charge in [0.25, 0.3) is 27.7 Å². The highest BCUT2D eigenvalue weighted by Gasteiger charge is 2.22. The zero-order chi connectivity index (χ0) is 33.1. The third-order valence-corrected chi connectivity index (χ3v) is 7.48. The van der Waals surface area contributed by atoms with Gasteiger partial charge in [0.05, 0.1) is 34.8 Å². The normalized spacial score (nSPS) is 11.0. The first-order valence-electron chi connectivity index (χ1n) is 13.4. The fraction of sp³-hybridized carbons (Fsp3) is 0.276. The van der Waals surface area contributed by atoms with E-state index in [1.54, 1.807) is 24.3 Å². The van der Waals surface area contributed by atoms with Crippen LogP contribution < -0.4 is 29.6 Å². The number of halogens is 1. The second kappa shape index (κ2) is 15.7. The molecular formula is C29H31ClN4O10S. The van der Waals surface area contributed by atoms with Crippen LogP contribution in [-0.4, -0.2) is 69.2 Å². The largest absolute Gasteiger partial charge is 0.497 e. The number of ether oxygens (including phenoxy) is 3. The van der Waals surface area contributed by atoms with Gasteiger partial charge < -0.3 is 30.0 Å². The number of carbonyl (C=O) groups excluding carboxylic acids is 3. The maximum absolute atomic E-state index is 12.9. The summed E-state index contributed by atoms with van der Waals surface area (Å²) < 4.78 is 43.5. The molecule has 3 rings (SSSR count). The van der Waals surface area contributed by atoms with Crippen molar-refractivity contribution in [3.05, 3.63) is 76.4 Å². The highest BCUT2D eigenvalue weighted by atomic mass is 35.5. The summed E-state index contributed by atoms with van der Waals surface area (Å²) in [6.07, 6.45) is 0.238. The minimum atomic E-state index is -4.30. The van der Waals surface area contributed by atoms with Crippen molar-refractivity contribution in [3.8, 4) is 17.4 Å². The smallest absolute Gasteiger partial charge is 0.414 e. The first-order chi connectivity index (χ1) is 21.3.